The molecule has 0 fully saturated rings. The monoisotopic (exact) mass is 239 g/mol. The Hall–Kier alpha value is -0.710. The van der Waals surface area contributed by atoms with Crippen LogP contribution >= 0.6 is 11.3 Å². The zero-order chi connectivity index (χ0) is 11.5. The number of ketones is 1. The number of carbonyl (C=O) groups excluding carboxylic acids is 1. The summed E-state index contributed by atoms with van der Waals surface area (Å²) in [5.41, 5.74) is 1.39. The van der Waals surface area contributed by atoms with Gasteiger partial charge in [0.25, 0.3) is 0 Å². The number of fused-ring (bicyclic) bond motifs is 1. The van der Waals surface area contributed by atoms with Gasteiger partial charge in [-0.05, 0) is 30.4 Å². The Morgan fingerprint density at radius 1 is 1.69 bits per heavy atom. The van der Waals surface area contributed by atoms with E-state index in [0.717, 1.165) is 13.0 Å². The average Bonchev–Trinajstić information content (AvgIpc) is 2.71. The number of nitrogens with zero attached hydrogens (tertiary/aromatic N) is 1. The molecule has 3 nitrogen and oxygen atoms in total. The van der Waals surface area contributed by atoms with E-state index in [0.29, 0.717) is 12.6 Å². The number of thiophene rings is 1. The maximum absolute atomic E-state index is 11.5. The van der Waals surface area contributed by atoms with Crippen LogP contribution in [-0.4, -0.2) is 37.5 Å². The minimum absolute atomic E-state index is 0.160. The van der Waals surface area contributed by atoms with E-state index in [9.17, 15) is 4.79 Å². The van der Waals surface area contributed by atoms with Crippen LogP contribution in [0.5, 0.6) is 0 Å². The van der Waals surface area contributed by atoms with Crippen LogP contribution in [0.2, 0.25) is 0 Å². The molecule has 0 amide bonds. The van der Waals surface area contributed by atoms with Crippen LogP contribution in [0.25, 0.3) is 0 Å². The van der Waals surface area contributed by atoms with Gasteiger partial charge in [-0.2, -0.15) is 0 Å². The van der Waals surface area contributed by atoms with E-state index < -0.39 is 0 Å². The summed E-state index contributed by atoms with van der Waals surface area (Å²) in [6, 6.07) is 2.54. The molecule has 1 aliphatic heterocycles. The Bertz CT molecular complexity index is 375. The van der Waals surface area contributed by atoms with Gasteiger partial charge in [-0.15, -0.1) is 11.3 Å². The molecule has 2 rings (SSSR count). The molecule has 0 aliphatic carbocycles. The SMILES string of the molecule is COCC(=O)CN1CCc2sccc2C1C. The lowest BCUT2D eigenvalue weighted by Crippen LogP contribution is -2.38. The van der Waals surface area contributed by atoms with Gasteiger partial charge in [-0.25, -0.2) is 0 Å². The number of carbonyl (C=O) groups is 1. The van der Waals surface area contributed by atoms with Crippen LogP contribution < -0.4 is 0 Å². The molecule has 0 radical (unpaired) electrons. The first kappa shape index (κ1) is 11.8. The van der Waals surface area contributed by atoms with Crippen LogP contribution in [0.3, 0.4) is 0 Å². The molecule has 0 saturated heterocycles. The van der Waals surface area contributed by atoms with Crippen molar-refractivity contribution in [3.05, 3.63) is 21.9 Å². The Kier molecular flexibility index (Phi) is 3.74. The van der Waals surface area contributed by atoms with Crippen molar-refractivity contribution < 1.29 is 9.53 Å². The summed E-state index contributed by atoms with van der Waals surface area (Å²) in [6.45, 7) is 3.87. The van der Waals surface area contributed by atoms with Crippen molar-refractivity contribution >= 4 is 17.1 Å². The first-order valence-electron chi connectivity index (χ1n) is 5.53. The predicted molar refractivity (Wildman–Crippen MR) is 64.9 cm³/mol. The molecule has 0 bridgehead atoms. The zero-order valence-electron chi connectivity index (χ0n) is 9.73. The summed E-state index contributed by atoms with van der Waals surface area (Å²) in [6.07, 6.45) is 1.07. The van der Waals surface area contributed by atoms with E-state index >= 15 is 0 Å². The maximum atomic E-state index is 11.5. The van der Waals surface area contributed by atoms with E-state index in [4.69, 9.17) is 4.74 Å². The number of Topliss-reactive ketones (excluding diaryl/α,β-unsaturated/α-hetero) is 1. The molecule has 16 heavy (non-hydrogen) atoms. The van der Waals surface area contributed by atoms with Crippen LogP contribution in [0.15, 0.2) is 11.4 Å². The van der Waals surface area contributed by atoms with Crippen molar-refractivity contribution in [2.45, 2.75) is 19.4 Å². The van der Waals surface area contributed by atoms with Crippen molar-refractivity contribution in [2.75, 3.05) is 26.8 Å². The molecule has 0 N–H and O–H groups in total. The van der Waals surface area contributed by atoms with E-state index in [-0.39, 0.29) is 12.4 Å². The highest BCUT2D eigenvalue weighted by Crippen LogP contribution is 2.32. The highest BCUT2D eigenvalue weighted by Gasteiger charge is 2.25. The normalized spacial score (nSPS) is 20.8. The first-order valence-corrected chi connectivity index (χ1v) is 6.41. The smallest absolute Gasteiger partial charge is 0.172 e. The summed E-state index contributed by atoms with van der Waals surface area (Å²) in [4.78, 5) is 15.3. The van der Waals surface area contributed by atoms with E-state index in [1.165, 1.54) is 10.4 Å². The molecule has 1 aromatic rings. The molecule has 88 valence electrons. The topological polar surface area (TPSA) is 29.5 Å². The second kappa shape index (κ2) is 5.08. The van der Waals surface area contributed by atoms with Gasteiger partial charge in [0.15, 0.2) is 5.78 Å². The maximum Gasteiger partial charge on any atom is 0.172 e. The minimum atomic E-state index is 0.160. The van der Waals surface area contributed by atoms with Gasteiger partial charge in [0, 0.05) is 24.6 Å². The Morgan fingerprint density at radius 3 is 3.25 bits per heavy atom. The Labute approximate surface area is 100 Å². The van der Waals surface area contributed by atoms with Gasteiger partial charge in [0.1, 0.15) is 6.61 Å². The molecule has 1 atom stereocenters. The summed E-state index contributed by atoms with van der Waals surface area (Å²) in [7, 11) is 1.56. The van der Waals surface area contributed by atoms with Gasteiger partial charge in [-0.1, -0.05) is 0 Å². The molecule has 4 heteroatoms. The minimum Gasteiger partial charge on any atom is -0.377 e. The van der Waals surface area contributed by atoms with Crippen molar-refractivity contribution in [2.24, 2.45) is 0 Å². The number of rotatable bonds is 4. The van der Waals surface area contributed by atoms with Gasteiger partial charge in [0.05, 0.1) is 6.54 Å². The molecule has 0 aromatic carbocycles. The second-order valence-electron chi connectivity index (χ2n) is 4.17. The van der Waals surface area contributed by atoms with Crippen LogP contribution in [0.4, 0.5) is 0 Å². The largest absolute Gasteiger partial charge is 0.377 e. The molecule has 1 unspecified atom stereocenters. The molecular weight excluding hydrogens is 222 g/mol. The number of methoxy groups -OCH3 is 1. The summed E-state index contributed by atoms with van der Waals surface area (Å²) in [5.74, 6) is 0.160. The molecular formula is C12H17NO2S. The number of hydrogen-bond donors (Lipinski definition) is 0. The molecule has 0 spiro atoms. The standard InChI is InChI=1S/C12H17NO2S/c1-9-11-4-6-16-12(11)3-5-13(9)7-10(14)8-15-2/h4,6,9H,3,5,7-8H2,1-2H3. The highest BCUT2D eigenvalue weighted by atomic mass is 32.1. The lowest BCUT2D eigenvalue weighted by Gasteiger charge is -2.32. The summed E-state index contributed by atoms with van der Waals surface area (Å²) >= 11 is 1.82. The first-order chi connectivity index (χ1) is 7.72. The van der Waals surface area contributed by atoms with Crippen LogP contribution in [0.1, 0.15) is 23.4 Å². The quantitative estimate of drug-likeness (QED) is 0.803. The lowest BCUT2D eigenvalue weighted by molar-refractivity contribution is -0.124. The van der Waals surface area contributed by atoms with Gasteiger partial charge >= 0.3 is 0 Å². The molecule has 0 saturated carbocycles. The summed E-state index contributed by atoms with van der Waals surface area (Å²) < 4.78 is 4.86. The van der Waals surface area contributed by atoms with Crippen molar-refractivity contribution in [1.82, 2.24) is 4.90 Å². The Balaban J connectivity index is 2.01. The van der Waals surface area contributed by atoms with E-state index in [1.807, 2.05) is 11.3 Å². The third-order valence-electron chi connectivity index (χ3n) is 3.09. The summed E-state index contributed by atoms with van der Waals surface area (Å²) in [5, 5.41) is 2.14. The van der Waals surface area contributed by atoms with Gasteiger partial charge in [-0.3, -0.25) is 9.69 Å². The van der Waals surface area contributed by atoms with Crippen LogP contribution in [-0.2, 0) is 16.0 Å². The average molecular weight is 239 g/mol. The van der Waals surface area contributed by atoms with Crippen LogP contribution in [0, 0.1) is 0 Å². The zero-order valence-corrected chi connectivity index (χ0v) is 10.5. The third kappa shape index (κ3) is 2.34. The molecule has 1 aliphatic rings. The molecule has 1 aromatic heterocycles. The van der Waals surface area contributed by atoms with Crippen molar-refractivity contribution in [3.8, 4) is 0 Å². The Morgan fingerprint density at radius 2 is 2.50 bits per heavy atom. The predicted octanol–water partition coefficient (Wildman–Crippen LogP) is 1.88. The van der Waals surface area contributed by atoms with E-state index in [1.54, 1.807) is 7.11 Å². The second-order valence-corrected chi connectivity index (χ2v) is 5.17. The van der Waals surface area contributed by atoms with Crippen molar-refractivity contribution in [1.29, 1.82) is 0 Å². The lowest BCUT2D eigenvalue weighted by atomic mass is 10.0. The van der Waals surface area contributed by atoms with Gasteiger partial charge in [0.2, 0.25) is 0 Å². The fourth-order valence-corrected chi connectivity index (χ4v) is 3.17. The van der Waals surface area contributed by atoms with E-state index in [2.05, 4.69) is 23.3 Å². The fourth-order valence-electron chi connectivity index (χ4n) is 2.21. The number of ether oxygens (including phenoxy) is 1. The fraction of sp³-hybridized carbons (Fsp3) is 0.583. The van der Waals surface area contributed by atoms with Crippen molar-refractivity contribution in [3.63, 3.8) is 0 Å². The number of hydrogen-bond acceptors (Lipinski definition) is 4. The van der Waals surface area contributed by atoms with Gasteiger partial charge < -0.3 is 4.74 Å². The molecule has 2 heterocycles. The highest BCUT2D eigenvalue weighted by molar-refractivity contribution is 7.10. The third-order valence-corrected chi connectivity index (χ3v) is 4.09.